The molecule has 98 valence electrons. The Labute approximate surface area is 119 Å². The van der Waals surface area contributed by atoms with Crippen molar-refractivity contribution in [2.75, 3.05) is 0 Å². The number of halogens is 1. The number of ketones is 1. The molecule has 2 aliphatic carbocycles. The molecule has 1 nitrogen and oxygen atoms in total. The summed E-state index contributed by atoms with van der Waals surface area (Å²) in [5, 5.41) is 0.720. The van der Waals surface area contributed by atoms with Gasteiger partial charge in [0.2, 0.25) is 0 Å². The first kappa shape index (κ1) is 12.7. The molecule has 0 spiro atoms. The lowest BCUT2D eigenvalue weighted by Gasteiger charge is -2.11. The Balaban J connectivity index is 2.02. The largest absolute Gasteiger partial charge is 0.289 e. The van der Waals surface area contributed by atoms with Crippen LogP contribution in [0.4, 0.5) is 0 Å². The van der Waals surface area contributed by atoms with E-state index in [1.165, 1.54) is 0 Å². The molecule has 0 unspecified atom stereocenters. The molecule has 0 N–H and O–H groups in total. The Morgan fingerprint density at radius 2 is 1.84 bits per heavy atom. The van der Waals surface area contributed by atoms with E-state index < -0.39 is 0 Å². The fourth-order valence-electron chi connectivity index (χ4n) is 3.19. The Bertz CT molecular complexity index is 605. The fourth-order valence-corrected chi connectivity index (χ4v) is 3.32. The van der Waals surface area contributed by atoms with Crippen molar-refractivity contribution in [3.05, 3.63) is 52.1 Å². The molecule has 1 fully saturated rings. The lowest BCUT2D eigenvalue weighted by molar-refractivity contribution is -0.112. The van der Waals surface area contributed by atoms with E-state index in [0.717, 1.165) is 21.7 Å². The molecular formula is C17H17ClO. The van der Waals surface area contributed by atoms with Crippen LogP contribution in [-0.4, -0.2) is 5.78 Å². The number of carbonyl (C=O) groups excluding carboxylic acids is 1. The van der Waals surface area contributed by atoms with Gasteiger partial charge in [0.05, 0.1) is 0 Å². The normalized spacial score (nSPS) is 30.0. The molecule has 0 saturated heterocycles. The van der Waals surface area contributed by atoms with Gasteiger partial charge in [-0.15, -0.1) is 0 Å². The second-order valence-electron chi connectivity index (χ2n) is 6.15. The highest BCUT2D eigenvalue weighted by Gasteiger charge is 2.60. The Hall–Kier alpha value is -1.34. The summed E-state index contributed by atoms with van der Waals surface area (Å²) in [5.74, 6) is 1.09. The molecule has 0 amide bonds. The minimum Gasteiger partial charge on any atom is -0.289 e. The lowest BCUT2D eigenvalue weighted by atomic mass is 9.91. The maximum atomic E-state index is 12.4. The second-order valence-corrected chi connectivity index (χ2v) is 6.59. The third-order valence-electron chi connectivity index (χ3n) is 4.49. The zero-order valence-corrected chi connectivity index (χ0v) is 12.2. The minimum absolute atomic E-state index is 0.196. The summed E-state index contributed by atoms with van der Waals surface area (Å²) in [4.78, 5) is 12.4. The van der Waals surface area contributed by atoms with Crippen LogP contribution in [0.1, 0.15) is 26.3 Å². The molecule has 3 rings (SSSR count). The van der Waals surface area contributed by atoms with Crippen LogP contribution in [-0.2, 0) is 4.79 Å². The van der Waals surface area contributed by atoms with Crippen molar-refractivity contribution in [3.63, 3.8) is 0 Å². The van der Waals surface area contributed by atoms with E-state index in [1.54, 1.807) is 0 Å². The third kappa shape index (κ3) is 1.97. The molecule has 1 aromatic rings. The van der Waals surface area contributed by atoms with E-state index in [0.29, 0.717) is 11.8 Å². The third-order valence-corrected chi connectivity index (χ3v) is 4.74. The van der Waals surface area contributed by atoms with E-state index in [1.807, 2.05) is 37.3 Å². The summed E-state index contributed by atoms with van der Waals surface area (Å²) in [7, 11) is 0. The first-order valence-electron chi connectivity index (χ1n) is 6.61. The first-order chi connectivity index (χ1) is 8.91. The monoisotopic (exact) mass is 272 g/mol. The van der Waals surface area contributed by atoms with Crippen LogP contribution in [0.25, 0.3) is 6.08 Å². The zero-order valence-electron chi connectivity index (χ0n) is 11.4. The average molecular weight is 273 g/mol. The molecular weight excluding hydrogens is 256 g/mol. The molecule has 1 aromatic carbocycles. The van der Waals surface area contributed by atoms with Gasteiger partial charge >= 0.3 is 0 Å². The van der Waals surface area contributed by atoms with E-state index in [2.05, 4.69) is 19.9 Å². The molecule has 2 heteroatoms. The molecule has 0 heterocycles. The SMILES string of the molecule is CC1=C[C@@H]2[C@H](/C(=C/c3ccc(Cl)cc3)C1=O)C2(C)C. The van der Waals surface area contributed by atoms with Gasteiger partial charge in [0.15, 0.2) is 5.78 Å². The maximum Gasteiger partial charge on any atom is 0.184 e. The Morgan fingerprint density at radius 3 is 2.47 bits per heavy atom. The fraction of sp³-hybridized carbons (Fsp3) is 0.353. The number of hydrogen-bond donors (Lipinski definition) is 0. The van der Waals surface area contributed by atoms with Crippen molar-refractivity contribution in [1.29, 1.82) is 0 Å². The summed E-state index contributed by atoms with van der Waals surface area (Å²) in [6.45, 7) is 6.39. The van der Waals surface area contributed by atoms with Crippen molar-refractivity contribution in [2.45, 2.75) is 20.8 Å². The zero-order chi connectivity index (χ0) is 13.8. The van der Waals surface area contributed by atoms with Crippen LogP contribution in [0.15, 0.2) is 41.5 Å². The van der Waals surface area contributed by atoms with E-state index >= 15 is 0 Å². The van der Waals surface area contributed by atoms with Crippen molar-refractivity contribution >= 4 is 23.5 Å². The van der Waals surface area contributed by atoms with E-state index in [-0.39, 0.29) is 11.2 Å². The summed E-state index contributed by atoms with van der Waals surface area (Å²) in [6, 6.07) is 7.64. The number of fused-ring (bicyclic) bond motifs is 1. The van der Waals surface area contributed by atoms with Crippen LogP contribution in [0.3, 0.4) is 0 Å². The van der Waals surface area contributed by atoms with Crippen LogP contribution in [0.2, 0.25) is 5.02 Å². The summed E-state index contributed by atoms with van der Waals surface area (Å²) in [5.41, 5.74) is 3.10. The van der Waals surface area contributed by atoms with Crippen LogP contribution in [0.5, 0.6) is 0 Å². The predicted molar refractivity (Wildman–Crippen MR) is 79.0 cm³/mol. The Morgan fingerprint density at radius 1 is 1.21 bits per heavy atom. The number of benzene rings is 1. The quantitative estimate of drug-likeness (QED) is 0.687. The van der Waals surface area contributed by atoms with Gasteiger partial charge in [-0.2, -0.15) is 0 Å². The maximum absolute atomic E-state index is 12.4. The first-order valence-corrected chi connectivity index (χ1v) is 6.99. The van der Waals surface area contributed by atoms with E-state index in [4.69, 9.17) is 11.6 Å². The van der Waals surface area contributed by atoms with Crippen LogP contribution in [0, 0.1) is 17.3 Å². The highest BCUT2D eigenvalue weighted by atomic mass is 35.5. The second kappa shape index (κ2) is 4.08. The highest BCUT2D eigenvalue weighted by molar-refractivity contribution is 6.30. The number of hydrogen-bond acceptors (Lipinski definition) is 1. The smallest absolute Gasteiger partial charge is 0.184 e. The Kier molecular flexibility index (Phi) is 2.72. The van der Waals surface area contributed by atoms with Crippen molar-refractivity contribution in [1.82, 2.24) is 0 Å². The molecule has 0 aliphatic heterocycles. The number of allylic oxidation sites excluding steroid dienone is 3. The van der Waals surface area contributed by atoms with Crippen molar-refractivity contribution in [2.24, 2.45) is 17.3 Å². The van der Waals surface area contributed by atoms with Gasteiger partial charge in [-0.05, 0) is 47.6 Å². The lowest BCUT2D eigenvalue weighted by Crippen LogP contribution is -2.11. The minimum atomic E-state index is 0.196. The van der Waals surface area contributed by atoms with Gasteiger partial charge in [-0.25, -0.2) is 0 Å². The molecule has 19 heavy (non-hydrogen) atoms. The van der Waals surface area contributed by atoms with Crippen molar-refractivity contribution in [3.8, 4) is 0 Å². The summed E-state index contributed by atoms with van der Waals surface area (Å²) < 4.78 is 0. The average Bonchev–Trinajstić information content (AvgIpc) is 2.89. The van der Waals surface area contributed by atoms with Crippen LogP contribution >= 0.6 is 11.6 Å². The van der Waals surface area contributed by atoms with Gasteiger partial charge in [0.25, 0.3) is 0 Å². The van der Waals surface area contributed by atoms with Gasteiger partial charge in [-0.1, -0.05) is 43.7 Å². The van der Waals surface area contributed by atoms with E-state index in [9.17, 15) is 4.79 Å². The predicted octanol–water partition coefficient (Wildman–Crippen LogP) is 4.52. The molecule has 0 bridgehead atoms. The van der Waals surface area contributed by atoms with Gasteiger partial charge < -0.3 is 0 Å². The molecule has 2 aliphatic rings. The summed E-state index contributed by atoms with van der Waals surface area (Å²) >= 11 is 5.89. The number of carbonyl (C=O) groups is 1. The van der Waals surface area contributed by atoms with Gasteiger partial charge in [0.1, 0.15) is 0 Å². The topological polar surface area (TPSA) is 17.1 Å². The molecule has 0 radical (unpaired) electrons. The number of rotatable bonds is 1. The molecule has 1 saturated carbocycles. The van der Waals surface area contributed by atoms with Crippen molar-refractivity contribution < 1.29 is 4.79 Å². The van der Waals surface area contributed by atoms with Gasteiger partial charge in [-0.3, -0.25) is 4.79 Å². The number of Topliss-reactive ketones (excluding diaryl/α,β-unsaturated/α-hetero) is 1. The highest BCUT2D eigenvalue weighted by Crippen LogP contribution is 2.65. The van der Waals surface area contributed by atoms with Crippen LogP contribution < -0.4 is 0 Å². The standard InChI is InChI=1S/C17H17ClO/c1-10-8-14-15(17(14,2)3)13(16(10)19)9-11-4-6-12(18)7-5-11/h4-9,14-15H,1-3H3/b13-9-/t14-,15+/m1/s1. The van der Waals surface area contributed by atoms with Gasteiger partial charge in [0, 0.05) is 16.5 Å². The molecule has 2 atom stereocenters. The summed E-state index contributed by atoms with van der Waals surface area (Å²) in [6.07, 6.45) is 4.17. The molecule has 0 aromatic heterocycles.